The molecule has 6 nitrogen and oxygen atoms in total. The number of hydrogen-bond acceptors (Lipinski definition) is 4. The third-order valence-corrected chi connectivity index (χ3v) is 3.88. The maximum atomic E-state index is 12.5. The number of carbonyl (C=O) groups is 1. The summed E-state index contributed by atoms with van der Waals surface area (Å²) in [5.74, 6) is -0.467. The second kappa shape index (κ2) is 5.73. The van der Waals surface area contributed by atoms with Crippen LogP contribution in [0.3, 0.4) is 0 Å². The molecule has 0 bridgehead atoms. The summed E-state index contributed by atoms with van der Waals surface area (Å²) in [5.41, 5.74) is 1.01. The van der Waals surface area contributed by atoms with E-state index in [1.165, 1.54) is 0 Å². The standard InChI is InChI=1S/C14H14ClN3O3/c15-11-5-4-9(13(19)18-6-2-1-3-7-18)8-10(11)12-16-14(20)21-17-12/h4-5,8H,1-3,6-7H2,(H,16,17,20). The molecule has 0 spiro atoms. The smallest absolute Gasteiger partial charge is 0.339 e. The Morgan fingerprint density at radius 2 is 2.05 bits per heavy atom. The highest BCUT2D eigenvalue weighted by molar-refractivity contribution is 6.33. The number of halogens is 1. The van der Waals surface area contributed by atoms with Crippen molar-refractivity contribution in [1.29, 1.82) is 0 Å². The Balaban J connectivity index is 1.93. The maximum Gasteiger partial charge on any atom is 0.439 e. The van der Waals surface area contributed by atoms with Crippen LogP contribution in [0.15, 0.2) is 27.5 Å². The van der Waals surface area contributed by atoms with Crippen LogP contribution in [0.5, 0.6) is 0 Å². The van der Waals surface area contributed by atoms with Gasteiger partial charge >= 0.3 is 5.76 Å². The van der Waals surface area contributed by atoms with Crippen LogP contribution in [-0.4, -0.2) is 34.0 Å². The minimum atomic E-state index is -0.658. The van der Waals surface area contributed by atoms with Crippen molar-refractivity contribution >= 4 is 17.5 Å². The van der Waals surface area contributed by atoms with Crippen molar-refractivity contribution in [2.24, 2.45) is 0 Å². The molecule has 1 amide bonds. The van der Waals surface area contributed by atoms with E-state index in [4.69, 9.17) is 11.6 Å². The third kappa shape index (κ3) is 2.85. The van der Waals surface area contributed by atoms with Crippen molar-refractivity contribution in [3.63, 3.8) is 0 Å². The SMILES string of the molecule is O=C(c1ccc(Cl)c(-c2noc(=O)[nH]2)c1)N1CCCCC1. The van der Waals surface area contributed by atoms with Crippen LogP contribution in [0.4, 0.5) is 0 Å². The van der Waals surface area contributed by atoms with E-state index in [0.717, 1.165) is 32.4 Å². The lowest BCUT2D eigenvalue weighted by molar-refractivity contribution is 0.0724. The molecule has 7 heteroatoms. The normalized spacial score (nSPS) is 15.2. The van der Waals surface area contributed by atoms with Gasteiger partial charge in [0, 0.05) is 24.2 Å². The molecule has 3 rings (SSSR count). The van der Waals surface area contributed by atoms with E-state index in [1.807, 2.05) is 4.90 Å². The van der Waals surface area contributed by atoms with E-state index in [1.54, 1.807) is 18.2 Å². The number of likely N-dealkylation sites (tertiary alicyclic amines) is 1. The molecule has 1 aromatic carbocycles. The minimum absolute atomic E-state index is 0.0292. The van der Waals surface area contributed by atoms with Gasteiger partial charge in [-0.15, -0.1) is 0 Å². The van der Waals surface area contributed by atoms with E-state index in [9.17, 15) is 9.59 Å². The number of hydrogen-bond donors (Lipinski definition) is 1. The number of nitrogens with one attached hydrogen (secondary N) is 1. The molecule has 1 aromatic heterocycles. The van der Waals surface area contributed by atoms with Crippen molar-refractivity contribution in [3.05, 3.63) is 39.3 Å². The van der Waals surface area contributed by atoms with Crippen LogP contribution >= 0.6 is 11.6 Å². The number of benzene rings is 1. The first-order chi connectivity index (χ1) is 10.1. The minimum Gasteiger partial charge on any atom is -0.339 e. The predicted molar refractivity (Wildman–Crippen MR) is 77.3 cm³/mol. The first-order valence-electron chi connectivity index (χ1n) is 6.80. The molecule has 0 saturated carbocycles. The summed E-state index contributed by atoms with van der Waals surface area (Å²) in [5, 5.41) is 4.01. The first-order valence-corrected chi connectivity index (χ1v) is 7.18. The van der Waals surface area contributed by atoms with Crippen LogP contribution in [0.2, 0.25) is 5.02 Å². The van der Waals surface area contributed by atoms with Gasteiger partial charge in [0.2, 0.25) is 0 Å². The number of H-pyrrole nitrogens is 1. The van der Waals surface area contributed by atoms with Gasteiger partial charge in [0.05, 0.1) is 5.02 Å². The molecule has 110 valence electrons. The summed E-state index contributed by atoms with van der Waals surface area (Å²) in [4.78, 5) is 27.8. The molecule has 1 saturated heterocycles. The van der Waals surface area contributed by atoms with E-state index >= 15 is 0 Å². The van der Waals surface area contributed by atoms with Crippen LogP contribution in [0.1, 0.15) is 29.6 Å². The van der Waals surface area contributed by atoms with Gasteiger partial charge in [-0.3, -0.25) is 14.3 Å². The van der Waals surface area contributed by atoms with Gasteiger partial charge in [0.25, 0.3) is 5.91 Å². The Kier molecular flexibility index (Phi) is 3.79. The topological polar surface area (TPSA) is 79.2 Å². The molecule has 2 aromatic rings. The summed E-state index contributed by atoms with van der Waals surface area (Å²) >= 11 is 6.10. The van der Waals surface area contributed by atoms with E-state index < -0.39 is 5.76 Å². The molecule has 0 radical (unpaired) electrons. The Bertz CT molecular complexity index is 716. The highest BCUT2D eigenvalue weighted by atomic mass is 35.5. The number of nitrogens with zero attached hydrogens (tertiary/aromatic N) is 2. The Morgan fingerprint density at radius 3 is 2.71 bits per heavy atom. The van der Waals surface area contributed by atoms with Gasteiger partial charge in [-0.1, -0.05) is 16.8 Å². The lowest BCUT2D eigenvalue weighted by atomic mass is 10.1. The number of aromatic nitrogens is 2. The number of amides is 1. The summed E-state index contributed by atoms with van der Waals surface area (Å²) in [6, 6.07) is 4.94. The molecule has 1 aliphatic heterocycles. The van der Waals surface area contributed by atoms with Crippen molar-refractivity contribution < 1.29 is 9.32 Å². The van der Waals surface area contributed by atoms with Crippen molar-refractivity contribution in [1.82, 2.24) is 15.0 Å². The van der Waals surface area contributed by atoms with Crippen molar-refractivity contribution in [2.45, 2.75) is 19.3 Å². The largest absolute Gasteiger partial charge is 0.439 e. The quantitative estimate of drug-likeness (QED) is 0.923. The fourth-order valence-electron chi connectivity index (χ4n) is 2.47. The number of carbonyl (C=O) groups excluding carboxylic acids is 1. The van der Waals surface area contributed by atoms with Gasteiger partial charge in [-0.05, 0) is 37.5 Å². The van der Waals surface area contributed by atoms with Gasteiger partial charge in [0.1, 0.15) is 0 Å². The van der Waals surface area contributed by atoms with E-state index in [-0.39, 0.29) is 11.7 Å². The molecule has 0 atom stereocenters. The predicted octanol–water partition coefficient (Wildman–Crippen LogP) is 2.31. The maximum absolute atomic E-state index is 12.5. The number of piperidine rings is 1. The summed E-state index contributed by atoms with van der Waals surface area (Å²) < 4.78 is 4.48. The molecule has 1 N–H and O–H groups in total. The highest BCUT2D eigenvalue weighted by Crippen LogP contribution is 2.26. The van der Waals surface area contributed by atoms with Gasteiger partial charge < -0.3 is 4.90 Å². The fourth-order valence-corrected chi connectivity index (χ4v) is 2.67. The number of aromatic amines is 1. The fraction of sp³-hybridized carbons (Fsp3) is 0.357. The lowest BCUT2D eigenvalue weighted by Gasteiger charge is -2.26. The van der Waals surface area contributed by atoms with Gasteiger partial charge in [-0.25, -0.2) is 4.79 Å². The monoisotopic (exact) mass is 307 g/mol. The van der Waals surface area contributed by atoms with E-state index in [2.05, 4.69) is 14.7 Å². The van der Waals surface area contributed by atoms with Crippen LogP contribution in [-0.2, 0) is 0 Å². The molecule has 1 aliphatic rings. The zero-order valence-corrected chi connectivity index (χ0v) is 12.0. The Labute approximate surface area is 125 Å². The molecule has 0 unspecified atom stereocenters. The number of rotatable bonds is 2. The average Bonchev–Trinajstić information content (AvgIpc) is 2.94. The Hall–Kier alpha value is -2.08. The zero-order chi connectivity index (χ0) is 14.8. The van der Waals surface area contributed by atoms with Gasteiger partial charge in [-0.2, -0.15) is 0 Å². The molecule has 0 aliphatic carbocycles. The average molecular weight is 308 g/mol. The van der Waals surface area contributed by atoms with Crippen molar-refractivity contribution in [2.75, 3.05) is 13.1 Å². The van der Waals surface area contributed by atoms with Crippen LogP contribution in [0.25, 0.3) is 11.4 Å². The van der Waals surface area contributed by atoms with Crippen LogP contribution in [0, 0.1) is 0 Å². The lowest BCUT2D eigenvalue weighted by Crippen LogP contribution is -2.35. The summed E-state index contributed by atoms with van der Waals surface area (Å²) in [6.07, 6.45) is 3.22. The summed E-state index contributed by atoms with van der Waals surface area (Å²) in [7, 11) is 0. The molecular formula is C14H14ClN3O3. The molecular weight excluding hydrogens is 294 g/mol. The second-order valence-electron chi connectivity index (χ2n) is 4.99. The second-order valence-corrected chi connectivity index (χ2v) is 5.40. The van der Waals surface area contributed by atoms with E-state index in [0.29, 0.717) is 16.1 Å². The zero-order valence-electron chi connectivity index (χ0n) is 11.3. The summed E-state index contributed by atoms with van der Waals surface area (Å²) in [6.45, 7) is 1.55. The van der Waals surface area contributed by atoms with Crippen molar-refractivity contribution in [3.8, 4) is 11.4 Å². The molecule has 2 heterocycles. The van der Waals surface area contributed by atoms with Crippen LogP contribution < -0.4 is 5.76 Å². The Morgan fingerprint density at radius 1 is 1.29 bits per heavy atom. The molecule has 21 heavy (non-hydrogen) atoms. The van der Waals surface area contributed by atoms with Gasteiger partial charge in [0.15, 0.2) is 5.82 Å². The third-order valence-electron chi connectivity index (χ3n) is 3.55. The highest BCUT2D eigenvalue weighted by Gasteiger charge is 2.20. The first kappa shape index (κ1) is 13.9. The molecule has 1 fully saturated rings.